The number of Topliss-reactive ketones (excluding diaryl/α,β-unsaturated/α-hetero) is 1. The van der Waals surface area contributed by atoms with Crippen LogP contribution in [0, 0.1) is 13.8 Å². The van der Waals surface area contributed by atoms with Gasteiger partial charge in [-0.15, -0.1) is 0 Å². The van der Waals surface area contributed by atoms with Gasteiger partial charge >= 0.3 is 0 Å². The summed E-state index contributed by atoms with van der Waals surface area (Å²) >= 11 is 0. The van der Waals surface area contributed by atoms with E-state index in [1.54, 1.807) is 0 Å². The van der Waals surface area contributed by atoms with E-state index in [9.17, 15) is 9.59 Å². The van der Waals surface area contributed by atoms with Crippen LogP contribution in [-0.4, -0.2) is 11.7 Å². The van der Waals surface area contributed by atoms with Crippen molar-refractivity contribution in [2.45, 2.75) is 25.7 Å². The van der Waals surface area contributed by atoms with E-state index in [0.29, 0.717) is 0 Å². The van der Waals surface area contributed by atoms with Crippen molar-refractivity contribution < 1.29 is 9.59 Å². The molecule has 0 aromatic heterocycles. The fourth-order valence-electron chi connectivity index (χ4n) is 3.88. The molecule has 21 heavy (non-hydrogen) atoms. The predicted molar refractivity (Wildman–Crippen MR) is 80.7 cm³/mol. The Bertz CT molecular complexity index is 822. The molecule has 3 heteroatoms. The Labute approximate surface area is 123 Å². The quantitative estimate of drug-likeness (QED) is 0.804. The lowest BCUT2D eigenvalue weighted by Crippen LogP contribution is -2.34. The van der Waals surface area contributed by atoms with Crippen molar-refractivity contribution >= 4 is 17.4 Å². The Hall–Kier alpha value is -2.42. The van der Waals surface area contributed by atoms with Gasteiger partial charge in [0, 0.05) is 17.7 Å². The van der Waals surface area contributed by atoms with Crippen molar-refractivity contribution in [3.63, 3.8) is 0 Å². The van der Waals surface area contributed by atoms with Gasteiger partial charge in [-0.1, -0.05) is 30.3 Å². The molecular weight excluding hydrogens is 262 g/mol. The van der Waals surface area contributed by atoms with Crippen molar-refractivity contribution in [2.75, 3.05) is 5.32 Å². The highest BCUT2D eigenvalue weighted by atomic mass is 16.2. The van der Waals surface area contributed by atoms with Gasteiger partial charge in [-0.25, -0.2) is 0 Å². The van der Waals surface area contributed by atoms with Crippen LogP contribution in [0.4, 0.5) is 5.69 Å². The van der Waals surface area contributed by atoms with Crippen LogP contribution in [0.5, 0.6) is 0 Å². The fraction of sp³-hybridized carbons (Fsp3) is 0.222. The maximum absolute atomic E-state index is 12.8. The molecule has 0 bridgehead atoms. The van der Waals surface area contributed by atoms with Gasteiger partial charge in [-0.3, -0.25) is 9.59 Å². The number of fused-ring (bicyclic) bond motifs is 4. The molecule has 0 radical (unpaired) electrons. The molecule has 2 aliphatic rings. The van der Waals surface area contributed by atoms with Gasteiger partial charge in [0.15, 0.2) is 5.78 Å². The number of carbonyl (C=O) groups is 2. The van der Waals surface area contributed by atoms with E-state index in [1.165, 1.54) is 0 Å². The highest BCUT2D eigenvalue weighted by molar-refractivity contribution is 6.18. The average molecular weight is 277 g/mol. The van der Waals surface area contributed by atoms with Crippen LogP contribution < -0.4 is 5.32 Å². The van der Waals surface area contributed by atoms with E-state index < -0.39 is 5.41 Å². The Balaban J connectivity index is 2.12. The molecule has 1 spiro atoms. The van der Waals surface area contributed by atoms with Gasteiger partial charge in [0.25, 0.3) is 0 Å². The summed E-state index contributed by atoms with van der Waals surface area (Å²) < 4.78 is 0. The molecule has 1 heterocycles. The second-order valence-corrected chi connectivity index (χ2v) is 5.95. The number of carbonyl (C=O) groups excluding carboxylic acids is 2. The number of anilines is 1. The number of benzene rings is 2. The molecule has 1 aliphatic carbocycles. The largest absolute Gasteiger partial charge is 0.325 e. The standard InChI is InChI=1S/C18H15NO2/c1-10-7-8-11(2)16-15(10)14(20)9-18(16)12-5-3-4-6-13(12)19-17(18)21/h3-8H,9H2,1-2H3,(H,19,21). The van der Waals surface area contributed by atoms with Crippen molar-refractivity contribution in [1.82, 2.24) is 0 Å². The smallest absolute Gasteiger partial charge is 0.240 e. The topological polar surface area (TPSA) is 46.2 Å². The Morgan fingerprint density at radius 2 is 1.71 bits per heavy atom. The number of para-hydroxylation sites is 1. The van der Waals surface area contributed by atoms with Crippen molar-refractivity contribution in [1.29, 1.82) is 0 Å². The van der Waals surface area contributed by atoms with Crippen LogP contribution in [0.2, 0.25) is 0 Å². The van der Waals surface area contributed by atoms with Crippen LogP contribution in [0.1, 0.15) is 39.0 Å². The lowest BCUT2D eigenvalue weighted by molar-refractivity contribution is -0.119. The van der Waals surface area contributed by atoms with Gasteiger partial charge in [-0.2, -0.15) is 0 Å². The SMILES string of the molecule is Cc1ccc(C)c2c1C(=O)CC21C(=O)Nc2ccccc21. The summed E-state index contributed by atoms with van der Waals surface area (Å²) in [5.74, 6) is -0.0115. The fourth-order valence-corrected chi connectivity index (χ4v) is 3.88. The first kappa shape index (κ1) is 12.3. The Morgan fingerprint density at radius 3 is 2.52 bits per heavy atom. The van der Waals surface area contributed by atoms with Crippen LogP contribution >= 0.6 is 0 Å². The van der Waals surface area contributed by atoms with E-state index in [2.05, 4.69) is 5.32 Å². The number of amides is 1. The molecule has 1 amide bonds. The van der Waals surface area contributed by atoms with E-state index >= 15 is 0 Å². The van der Waals surface area contributed by atoms with E-state index in [4.69, 9.17) is 0 Å². The lowest BCUT2D eigenvalue weighted by Gasteiger charge is -2.24. The summed E-state index contributed by atoms with van der Waals surface area (Å²) in [6.45, 7) is 3.92. The Morgan fingerprint density at radius 1 is 1.00 bits per heavy atom. The second kappa shape index (κ2) is 3.82. The third-order valence-electron chi connectivity index (χ3n) is 4.78. The summed E-state index contributed by atoms with van der Waals surface area (Å²) in [6.07, 6.45) is 0.233. The molecule has 0 fully saturated rings. The second-order valence-electron chi connectivity index (χ2n) is 5.95. The van der Waals surface area contributed by atoms with Crippen molar-refractivity contribution in [3.8, 4) is 0 Å². The molecule has 1 N–H and O–H groups in total. The van der Waals surface area contributed by atoms with Gasteiger partial charge in [0.2, 0.25) is 5.91 Å². The first-order valence-corrected chi connectivity index (χ1v) is 7.10. The third-order valence-corrected chi connectivity index (χ3v) is 4.78. The summed E-state index contributed by atoms with van der Waals surface area (Å²) in [5, 5.41) is 2.95. The molecule has 0 saturated heterocycles. The van der Waals surface area contributed by atoms with Crippen LogP contribution in [0.25, 0.3) is 0 Å². The summed E-state index contributed by atoms with van der Waals surface area (Å²) in [4.78, 5) is 25.3. The normalized spacial score (nSPS) is 22.4. The first-order chi connectivity index (χ1) is 10.1. The molecule has 3 nitrogen and oxygen atoms in total. The van der Waals surface area contributed by atoms with Gasteiger partial charge in [0.05, 0.1) is 0 Å². The monoisotopic (exact) mass is 277 g/mol. The number of ketones is 1. The number of hydrogen-bond acceptors (Lipinski definition) is 2. The van der Waals surface area contributed by atoms with E-state index in [-0.39, 0.29) is 18.1 Å². The third kappa shape index (κ3) is 1.33. The highest BCUT2D eigenvalue weighted by Gasteiger charge is 2.55. The highest BCUT2D eigenvalue weighted by Crippen LogP contribution is 2.52. The van der Waals surface area contributed by atoms with Crippen molar-refractivity contribution in [2.24, 2.45) is 0 Å². The lowest BCUT2D eigenvalue weighted by atomic mass is 9.74. The zero-order chi connectivity index (χ0) is 14.8. The molecule has 1 aliphatic heterocycles. The zero-order valence-electron chi connectivity index (χ0n) is 12.0. The molecule has 104 valence electrons. The molecule has 0 saturated carbocycles. The average Bonchev–Trinajstić information content (AvgIpc) is 2.93. The molecule has 1 atom stereocenters. The van der Waals surface area contributed by atoms with E-state index in [0.717, 1.165) is 33.5 Å². The maximum atomic E-state index is 12.8. The number of rotatable bonds is 0. The number of hydrogen-bond donors (Lipinski definition) is 1. The zero-order valence-corrected chi connectivity index (χ0v) is 12.0. The molecule has 2 aromatic carbocycles. The molecule has 2 aromatic rings. The van der Waals surface area contributed by atoms with Gasteiger partial charge in [0.1, 0.15) is 5.41 Å². The maximum Gasteiger partial charge on any atom is 0.240 e. The minimum atomic E-state index is -0.834. The van der Waals surface area contributed by atoms with Crippen molar-refractivity contribution in [3.05, 3.63) is 64.2 Å². The molecule has 4 rings (SSSR count). The minimum absolute atomic E-state index is 0.0676. The van der Waals surface area contributed by atoms with Crippen LogP contribution in [-0.2, 0) is 10.2 Å². The first-order valence-electron chi connectivity index (χ1n) is 7.10. The summed E-state index contributed by atoms with van der Waals surface area (Å²) in [7, 11) is 0. The van der Waals surface area contributed by atoms with Crippen LogP contribution in [0.3, 0.4) is 0 Å². The minimum Gasteiger partial charge on any atom is -0.325 e. The number of nitrogens with one attached hydrogen (secondary N) is 1. The van der Waals surface area contributed by atoms with Crippen LogP contribution in [0.15, 0.2) is 36.4 Å². The van der Waals surface area contributed by atoms with Gasteiger partial charge in [-0.05, 0) is 42.2 Å². The van der Waals surface area contributed by atoms with Gasteiger partial charge < -0.3 is 5.32 Å². The summed E-state index contributed by atoms with van der Waals surface area (Å²) in [5.41, 5.74) is 4.51. The predicted octanol–water partition coefficient (Wildman–Crippen LogP) is 3.13. The van der Waals surface area contributed by atoms with E-state index in [1.807, 2.05) is 50.2 Å². The Kier molecular flexibility index (Phi) is 2.24. The summed E-state index contributed by atoms with van der Waals surface area (Å²) in [6, 6.07) is 11.6. The number of aryl methyl sites for hydroxylation is 2. The molecule has 1 unspecified atom stereocenters. The molecular formula is C18H15NO2.